The van der Waals surface area contributed by atoms with Crippen molar-refractivity contribution in [1.82, 2.24) is 15.1 Å². The summed E-state index contributed by atoms with van der Waals surface area (Å²) in [7, 11) is 0. The van der Waals surface area contributed by atoms with Crippen molar-refractivity contribution in [2.75, 3.05) is 6.54 Å². The Kier molecular flexibility index (Phi) is 3.46. The lowest BCUT2D eigenvalue weighted by atomic mass is 10.1. The molecule has 1 unspecified atom stereocenters. The van der Waals surface area contributed by atoms with Gasteiger partial charge in [-0.2, -0.15) is 5.10 Å². The monoisotopic (exact) mass is 325 g/mol. The summed E-state index contributed by atoms with van der Waals surface area (Å²) in [6, 6.07) is 11.3. The van der Waals surface area contributed by atoms with Crippen molar-refractivity contribution in [1.29, 1.82) is 0 Å². The fourth-order valence-electron chi connectivity index (χ4n) is 3.20. The predicted octanol–water partition coefficient (Wildman–Crippen LogP) is 2.96. The maximum absolute atomic E-state index is 13.0. The lowest BCUT2D eigenvalue weighted by Gasteiger charge is -2.23. The van der Waals surface area contributed by atoms with Gasteiger partial charge in [-0.15, -0.1) is 11.3 Å². The number of amides is 1. The van der Waals surface area contributed by atoms with Crippen LogP contribution in [0.15, 0.2) is 46.6 Å². The fraction of sp³-hybridized carbons (Fsp3) is 0.235. The van der Waals surface area contributed by atoms with Crippen molar-refractivity contribution in [3.63, 3.8) is 0 Å². The molecule has 0 aliphatic carbocycles. The molecule has 6 heteroatoms. The zero-order valence-electron chi connectivity index (χ0n) is 12.4. The van der Waals surface area contributed by atoms with Crippen LogP contribution >= 0.6 is 11.3 Å². The standard InChI is InChI=1S/C17H15N3O2S/c21-16-12-6-2-1-5-11(12)15(18-19-16)17(22)20-9-3-7-13(20)14-8-4-10-23-14/h1-2,4-6,8,10,13H,3,7,9H2,(H,19,21). The van der Waals surface area contributed by atoms with E-state index in [4.69, 9.17) is 0 Å². The van der Waals surface area contributed by atoms with Gasteiger partial charge in [-0.1, -0.05) is 24.3 Å². The molecule has 0 radical (unpaired) electrons. The van der Waals surface area contributed by atoms with Crippen LogP contribution < -0.4 is 5.56 Å². The number of hydrogen-bond donors (Lipinski definition) is 1. The minimum Gasteiger partial charge on any atom is -0.329 e. The van der Waals surface area contributed by atoms with Gasteiger partial charge in [0, 0.05) is 16.8 Å². The van der Waals surface area contributed by atoms with E-state index < -0.39 is 0 Å². The molecule has 1 atom stereocenters. The number of aromatic amines is 1. The van der Waals surface area contributed by atoms with E-state index in [1.165, 1.54) is 4.88 Å². The van der Waals surface area contributed by atoms with E-state index >= 15 is 0 Å². The smallest absolute Gasteiger partial charge is 0.275 e. The second-order valence-corrected chi connectivity index (χ2v) is 6.60. The summed E-state index contributed by atoms with van der Waals surface area (Å²) in [5.74, 6) is -0.117. The third kappa shape index (κ3) is 2.35. The first-order chi connectivity index (χ1) is 11.3. The van der Waals surface area contributed by atoms with Crippen molar-refractivity contribution in [3.8, 4) is 0 Å². The summed E-state index contributed by atoms with van der Waals surface area (Å²) in [6.45, 7) is 0.719. The first-order valence-corrected chi connectivity index (χ1v) is 8.45. The SMILES string of the molecule is O=C(c1n[nH]c(=O)c2ccccc12)N1CCCC1c1cccs1. The van der Waals surface area contributed by atoms with Gasteiger partial charge in [0.05, 0.1) is 11.4 Å². The Labute approximate surface area is 136 Å². The largest absolute Gasteiger partial charge is 0.329 e. The quantitative estimate of drug-likeness (QED) is 0.788. The van der Waals surface area contributed by atoms with Crippen molar-refractivity contribution in [2.45, 2.75) is 18.9 Å². The van der Waals surface area contributed by atoms with Gasteiger partial charge >= 0.3 is 0 Å². The van der Waals surface area contributed by atoms with Crippen LogP contribution in [0.1, 0.15) is 34.2 Å². The average molecular weight is 325 g/mol. The van der Waals surface area contributed by atoms with Gasteiger partial charge in [-0.05, 0) is 30.4 Å². The Bertz CT molecular complexity index is 917. The van der Waals surface area contributed by atoms with Gasteiger partial charge in [0.2, 0.25) is 0 Å². The van der Waals surface area contributed by atoms with Crippen LogP contribution in [-0.2, 0) is 0 Å². The van der Waals surface area contributed by atoms with Crippen LogP contribution in [0.2, 0.25) is 0 Å². The number of hydrogen-bond acceptors (Lipinski definition) is 4. The molecule has 1 amide bonds. The third-order valence-electron chi connectivity index (χ3n) is 4.28. The van der Waals surface area contributed by atoms with Crippen LogP contribution in [0.4, 0.5) is 0 Å². The molecule has 5 nitrogen and oxygen atoms in total. The summed E-state index contributed by atoms with van der Waals surface area (Å²) >= 11 is 1.67. The molecule has 1 aliphatic heterocycles. The Morgan fingerprint density at radius 1 is 1.22 bits per heavy atom. The number of nitrogens with zero attached hydrogens (tertiary/aromatic N) is 2. The lowest BCUT2D eigenvalue weighted by Crippen LogP contribution is -2.32. The molecule has 116 valence electrons. The molecule has 1 aliphatic rings. The van der Waals surface area contributed by atoms with Gasteiger partial charge in [-0.25, -0.2) is 5.10 Å². The van der Waals surface area contributed by atoms with E-state index in [9.17, 15) is 9.59 Å². The normalized spacial score (nSPS) is 17.7. The highest BCUT2D eigenvalue weighted by Gasteiger charge is 2.32. The van der Waals surface area contributed by atoms with Crippen LogP contribution in [0.5, 0.6) is 0 Å². The number of benzene rings is 1. The molecule has 2 aromatic heterocycles. The Morgan fingerprint density at radius 3 is 2.83 bits per heavy atom. The summed E-state index contributed by atoms with van der Waals surface area (Å²) in [4.78, 5) is 28.0. The molecular formula is C17H15N3O2S. The van der Waals surface area contributed by atoms with Gasteiger partial charge in [0.15, 0.2) is 5.69 Å². The highest BCUT2D eigenvalue weighted by atomic mass is 32.1. The van der Waals surface area contributed by atoms with Crippen molar-refractivity contribution in [2.24, 2.45) is 0 Å². The zero-order valence-corrected chi connectivity index (χ0v) is 13.2. The first-order valence-electron chi connectivity index (χ1n) is 7.57. The second-order valence-electron chi connectivity index (χ2n) is 5.62. The van der Waals surface area contributed by atoms with Crippen LogP contribution in [0.25, 0.3) is 10.8 Å². The lowest BCUT2D eigenvalue weighted by molar-refractivity contribution is 0.0733. The van der Waals surface area contributed by atoms with Crippen LogP contribution in [0.3, 0.4) is 0 Å². The number of likely N-dealkylation sites (tertiary alicyclic amines) is 1. The number of nitrogens with one attached hydrogen (secondary N) is 1. The number of aromatic nitrogens is 2. The van der Waals surface area contributed by atoms with E-state index in [0.29, 0.717) is 16.5 Å². The molecule has 1 aromatic carbocycles. The summed E-state index contributed by atoms with van der Waals surface area (Å²) in [5, 5.41) is 9.63. The van der Waals surface area contributed by atoms with Crippen molar-refractivity contribution in [3.05, 3.63) is 62.7 Å². The van der Waals surface area contributed by atoms with Gasteiger partial charge in [0.1, 0.15) is 0 Å². The number of carbonyl (C=O) groups is 1. The Hall–Kier alpha value is -2.47. The number of thiophene rings is 1. The second kappa shape index (κ2) is 5.62. The Morgan fingerprint density at radius 2 is 2.04 bits per heavy atom. The van der Waals surface area contributed by atoms with Crippen LogP contribution in [-0.4, -0.2) is 27.5 Å². The van der Waals surface area contributed by atoms with Crippen LogP contribution in [0, 0.1) is 0 Å². The molecule has 4 rings (SSSR count). The molecule has 0 spiro atoms. The van der Waals surface area contributed by atoms with E-state index in [-0.39, 0.29) is 17.5 Å². The third-order valence-corrected chi connectivity index (χ3v) is 5.26. The molecular weight excluding hydrogens is 310 g/mol. The zero-order chi connectivity index (χ0) is 15.8. The highest BCUT2D eigenvalue weighted by molar-refractivity contribution is 7.10. The maximum Gasteiger partial charge on any atom is 0.275 e. The topological polar surface area (TPSA) is 66.1 Å². The van der Waals surface area contributed by atoms with Gasteiger partial charge < -0.3 is 4.90 Å². The molecule has 1 fully saturated rings. The summed E-state index contributed by atoms with van der Waals surface area (Å²) in [5.41, 5.74) is 0.0528. The Balaban J connectivity index is 1.78. The predicted molar refractivity (Wildman–Crippen MR) is 89.7 cm³/mol. The molecule has 0 bridgehead atoms. The number of H-pyrrole nitrogens is 1. The number of rotatable bonds is 2. The maximum atomic E-state index is 13.0. The number of fused-ring (bicyclic) bond motifs is 1. The fourth-order valence-corrected chi connectivity index (χ4v) is 4.07. The highest BCUT2D eigenvalue weighted by Crippen LogP contribution is 2.35. The minimum absolute atomic E-state index is 0.106. The molecule has 3 aromatic rings. The first kappa shape index (κ1) is 14.1. The summed E-state index contributed by atoms with van der Waals surface area (Å²) < 4.78 is 0. The molecule has 1 saturated heterocycles. The van der Waals surface area contributed by atoms with Crippen molar-refractivity contribution < 1.29 is 4.79 Å². The minimum atomic E-state index is -0.270. The van der Waals surface area contributed by atoms with Gasteiger partial charge in [-0.3, -0.25) is 9.59 Å². The molecule has 0 saturated carbocycles. The molecule has 1 N–H and O–H groups in total. The van der Waals surface area contributed by atoms with E-state index in [0.717, 1.165) is 19.4 Å². The summed E-state index contributed by atoms with van der Waals surface area (Å²) in [6.07, 6.45) is 1.95. The van der Waals surface area contributed by atoms with Gasteiger partial charge in [0.25, 0.3) is 11.5 Å². The van der Waals surface area contributed by atoms with E-state index in [1.807, 2.05) is 22.4 Å². The number of carbonyl (C=O) groups excluding carboxylic acids is 1. The molecule has 23 heavy (non-hydrogen) atoms. The average Bonchev–Trinajstić information content (AvgIpc) is 3.26. The van der Waals surface area contributed by atoms with E-state index in [2.05, 4.69) is 16.3 Å². The van der Waals surface area contributed by atoms with E-state index in [1.54, 1.807) is 29.5 Å². The molecule has 3 heterocycles. The van der Waals surface area contributed by atoms with Crippen molar-refractivity contribution >= 4 is 28.0 Å².